The molecule has 2 aromatic heterocycles. The Bertz CT molecular complexity index is 789. The molecule has 0 amide bonds. The Balaban J connectivity index is 1.71. The second-order valence-electron chi connectivity index (χ2n) is 4.61. The number of rotatable bonds is 4. The molecule has 3 aromatic rings. The molecule has 6 nitrogen and oxygen atoms in total. The van der Waals surface area contributed by atoms with Crippen molar-refractivity contribution in [3.8, 4) is 0 Å². The fourth-order valence-corrected chi connectivity index (χ4v) is 2.21. The van der Waals surface area contributed by atoms with Gasteiger partial charge in [-0.15, -0.1) is 0 Å². The third-order valence-corrected chi connectivity index (χ3v) is 3.24. The fourth-order valence-electron chi connectivity index (χ4n) is 2.21. The van der Waals surface area contributed by atoms with Crippen LogP contribution < -0.4 is 11.0 Å². The van der Waals surface area contributed by atoms with E-state index in [9.17, 15) is 4.79 Å². The van der Waals surface area contributed by atoms with E-state index in [2.05, 4.69) is 37.6 Å². The Morgan fingerprint density at radius 3 is 3.05 bits per heavy atom. The highest BCUT2D eigenvalue weighted by atomic mass is 16.1. The van der Waals surface area contributed by atoms with Crippen LogP contribution >= 0.6 is 0 Å². The smallest absolute Gasteiger partial charge is 0.363 e. The van der Waals surface area contributed by atoms with Gasteiger partial charge in [-0.1, -0.05) is 18.2 Å². The molecule has 0 spiro atoms. The lowest BCUT2D eigenvalue weighted by Crippen LogP contribution is -2.18. The first kappa shape index (κ1) is 12.4. The topological polar surface area (TPSA) is 86.5 Å². The monoisotopic (exact) mass is 269 g/mol. The van der Waals surface area contributed by atoms with Crippen molar-refractivity contribution in [1.82, 2.24) is 20.2 Å². The van der Waals surface area contributed by atoms with E-state index in [0.717, 1.165) is 11.9 Å². The van der Waals surface area contributed by atoms with Gasteiger partial charge in [0.1, 0.15) is 5.69 Å². The number of aryl methyl sites for hydroxylation is 1. The summed E-state index contributed by atoms with van der Waals surface area (Å²) in [4.78, 5) is 18.2. The fraction of sp³-hybridized carbons (Fsp3) is 0.214. The zero-order valence-electron chi connectivity index (χ0n) is 11.1. The second kappa shape index (κ2) is 5.16. The third kappa shape index (κ3) is 2.40. The van der Waals surface area contributed by atoms with E-state index in [4.69, 9.17) is 0 Å². The van der Waals surface area contributed by atoms with E-state index >= 15 is 0 Å². The number of hydrogen-bond acceptors (Lipinski definition) is 4. The number of H-pyrrole nitrogens is 2. The summed E-state index contributed by atoms with van der Waals surface area (Å²) < 4.78 is 0. The van der Waals surface area contributed by atoms with E-state index in [1.165, 1.54) is 10.9 Å². The predicted octanol–water partition coefficient (Wildman–Crippen LogP) is 1.61. The SMILES string of the molecule is Cc1n[nH]c(=O)nc1NCCc1c[nH]c2ccccc12. The summed E-state index contributed by atoms with van der Waals surface area (Å²) in [5.74, 6) is 0.536. The molecule has 6 heteroatoms. The number of para-hydroxylation sites is 1. The third-order valence-electron chi connectivity index (χ3n) is 3.24. The van der Waals surface area contributed by atoms with Gasteiger partial charge in [-0.3, -0.25) is 0 Å². The highest BCUT2D eigenvalue weighted by Gasteiger charge is 2.04. The molecule has 20 heavy (non-hydrogen) atoms. The average molecular weight is 269 g/mol. The molecule has 2 heterocycles. The standard InChI is InChI=1S/C14H15N5O/c1-9-13(17-14(20)19-18-9)15-7-6-10-8-16-12-5-3-2-4-11(10)12/h2-5,8,16H,6-7H2,1H3,(H2,15,17,19,20). The molecule has 0 aliphatic heterocycles. The van der Waals surface area contributed by atoms with Crippen molar-refractivity contribution >= 4 is 16.7 Å². The van der Waals surface area contributed by atoms with Crippen molar-refractivity contribution < 1.29 is 0 Å². The number of nitrogens with zero attached hydrogens (tertiary/aromatic N) is 2. The molecular weight excluding hydrogens is 254 g/mol. The summed E-state index contributed by atoms with van der Waals surface area (Å²) in [5.41, 5.74) is 2.62. The molecule has 102 valence electrons. The number of hydrogen-bond donors (Lipinski definition) is 3. The number of aromatic amines is 2. The number of fused-ring (bicyclic) bond motifs is 1. The number of aromatic nitrogens is 4. The van der Waals surface area contributed by atoms with Gasteiger partial charge in [-0.05, 0) is 25.0 Å². The van der Waals surface area contributed by atoms with Crippen LogP contribution in [0.3, 0.4) is 0 Å². The lowest BCUT2D eigenvalue weighted by atomic mass is 10.1. The Morgan fingerprint density at radius 1 is 1.30 bits per heavy atom. The molecule has 0 saturated carbocycles. The molecule has 3 N–H and O–H groups in total. The maximum atomic E-state index is 11.1. The van der Waals surface area contributed by atoms with Gasteiger partial charge in [0.2, 0.25) is 0 Å². The second-order valence-corrected chi connectivity index (χ2v) is 4.61. The van der Waals surface area contributed by atoms with Crippen LogP contribution in [0.1, 0.15) is 11.3 Å². The predicted molar refractivity (Wildman–Crippen MR) is 77.9 cm³/mol. The Kier molecular flexibility index (Phi) is 3.20. The minimum atomic E-state index is -0.440. The van der Waals surface area contributed by atoms with Crippen LogP contribution in [0.2, 0.25) is 0 Å². The molecule has 0 saturated heterocycles. The molecule has 0 bridgehead atoms. The van der Waals surface area contributed by atoms with Crippen molar-refractivity contribution in [2.24, 2.45) is 0 Å². The van der Waals surface area contributed by atoms with Gasteiger partial charge in [0.25, 0.3) is 0 Å². The van der Waals surface area contributed by atoms with Gasteiger partial charge in [-0.2, -0.15) is 10.1 Å². The lowest BCUT2D eigenvalue weighted by molar-refractivity contribution is 0.870. The Labute approximate surface area is 115 Å². The summed E-state index contributed by atoms with van der Waals surface area (Å²) in [6.45, 7) is 2.50. The molecule has 0 radical (unpaired) electrons. The summed E-state index contributed by atoms with van der Waals surface area (Å²) in [6.07, 6.45) is 2.86. The van der Waals surface area contributed by atoms with Gasteiger partial charge in [0.05, 0.1) is 0 Å². The van der Waals surface area contributed by atoms with Gasteiger partial charge < -0.3 is 10.3 Å². The first-order valence-corrected chi connectivity index (χ1v) is 6.46. The summed E-state index contributed by atoms with van der Waals surface area (Å²) in [6, 6.07) is 8.19. The highest BCUT2D eigenvalue weighted by Crippen LogP contribution is 2.18. The van der Waals surface area contributed by atoms with Crippen LogP contribution in [0, 0.1) is 6.92 Å². The van der Waals surface area contributed by atoms with Crippen molar-refractivity contribution in [2.75, 3.05) is 11.9 Å². The van der Waals surface area contributed by atoms with Crippen LogP contribution in [0.25, 0.3) is 10.9 Å². The molecule has 0 aliphatic carbocycles. The molecule has 0 atom stereocenters. The van der Waals surface area contributed by atoms with Crippen molar-refractivity contribution in [3.63, 3.8) is 0 Å². The van der Waals surface area contributed by atoms with E-state index < -0.39 is 5.69 Å². The summed E-state index contributed by atoms with van der Waals surface area (Å²) >= 11 is 0. The van der Waals surface area contributed by atoms with E-state index in [1.54, 1.807) is 6.92 Å². The zero-order chi connectivity index (χ0) is 13.9. The summed E-state index contributed by atoms with van der Waals surface area (Å²) in [5, 5.41) is 10.6. The first-order valence-electron chi connectivity index (χ1n) is 6.46. The minimum absolute atomic E-state index is 0.440. The quantitative estimate of drug-likeness (QED) is 0.671. The van der Waals surface area contributed by atoms with Crippen molar-refractivity contribution in [1.29, 1.82) is 0 Å². The number of nitrogens with one attached hydrogen (secondary N) is 3. The van der Waals surface area contributed by atoms with Crippen LogP contribution in [-0.2, 0) is 6.42 Å². The van der Waals surface area contributed by atoms with Crippen LogP contribution in [0.4, 0.5) is 5.82 Å². The average Bonchev–Trinajstić information content (AvgIpc) is 2.86. The molecule has 1 aromatic carbocycles. The van der Waals surface area contributed by atoms with Gasteiger partial charge in [0, 0.05) is 23.6 Å². The lowest BCUT2D eigenvalue weighted by Gasteiger charge is -2.06. The normalized spacial score (nSPS) is 10.8. The first-order chi connectivity index (χ1) is 9.74. The van der Waals surface area contributed by atoms with Crippen LogP contribution in [-0.4, -0.2) is 26.7 Å². The highest BCUT2D eigenvalue weighted by molar-refractivity contribution is 5.83. The minimum Gasteiger partial charge on any atom is -0.368 e. The molecule has 3 rings (SSSR count). The van der Waals surface area contributed by atoms with E-state index in [-0.39, 0.29) is 0 Å². The van der Waals surface area contributed by atoms with E-state index in [0.29, 0.717) is 18.1 Å². The summed E-state index contributed by atoms with van der Waals surface area (Å²) in [7, 11) is 0. The van der Waals surface area contributed by atoms with Crippen molar-refractivity contribution in [2.45, 2.75) is 13.3 Å². The number of benzene rings is 1. The van der Waals surface area contributed by atoms with Gasteiger partial charge >= 0.3 is 5.69 Å². The van der Waals surface area contributed by atoms with Crippen LogP contribution in [0.5, 0.6) is 0 Å². The molecule has 0 aliphatic rings. The largest absolute Gasteiger partial charge is 0.368 e. The molecule has 0 unspecified atom stereocenters. The van der Waals surface area contributed by atoms with Gasteiger partial charge in [-0.25, -0.2) is 9.89 Å². The number of anilines is 1. The molecule has 0 fully saturated rings. The zero-order valence-corrected chi connectivity index (χ0v) is 11.1. The van der Waals surface area contributed by atoms with Gasteiger partial charge in [0.15, 0.2) is 5.82 Å². The van der Waals surface area contributed by atoms with Crippen LogP contribution in [0.15, 0.2) is 35.3 Å². The molecular formula is C14H15N5O. The van der Waals surface area contributed by atoms with Crippen molar-refractivity contribution in [3.05, 3.63) is 52.2 Å². The Hall–Kier alpha value is -2.63. The Morgan fingerprint density at radius 2 is 2.15 bits per heavy atom. The maximum absolute atomic E-state index is 11.1. The van der Waals surface area contributed by atoms with E-state index in [1.807, 2.05) is 18.3 Å². The maximum Gasteiger partial charge on any atom is 0.363 e.